The highest BCUT2D eigenvalue weighted by Crippen LogP contribution is 2.48. The summed E-state index contributed by atoms with van der Waals surface area (Å²) in [6, 6.07) is 0. The van der Waals surface area contributed by atoms with Gasteiger partial charge in [0.2, 0.25) is 0 Å². The normalized spacial score (nSPS) is 27.7. The second-order valence-corrected chi connectivity index (χ2v) is 4.28. The first-order chi connectivity index (χ1) is 6.72. The number of hydrogen-bond acceptors (Lipinski definition) is 2. The van der Waals surface area contributed by atoms with Crippen LogP contribution in [0.15, 0.2) is 22.6 Å². The lowest BCUT2D eigenvalue weighted by molar-refractivity contribution is -0.113. The third-order valence-electron chi connectivity index (χ3n) is 2.50. The molecule has 1 saturated carbocycles. The predicted molar refractivity (Wildman–Crippen MR) is 63.3 cm³/mol. The number of fused-ring (bicyclic) bond motifs is 1. The summed E-state index contributed by atoms with van der Waals surface area (Å²) >= 11 is 1.68. The Morgan fingerprint density at radius 1 is 1.36 bits per heavy atom. The monoisotopic (exact) mass is 210 g/mol. The third kappa shape index (κ3) is 2.30. The Kier molecular flexibility index (Phi) is 3.99. The van der Waals surface area contributed by atoms with E-state index in [-0.39, 0.29) is 5.78 Å². The van der Waals surface area contributed by atoms with Gasteiger partial charge in [0.15, 0.2) is 5.78 Å². The average Bonchev–Trinajstić information content (AvgIpc) is 2.96. The first-order valence-electron chi connectivity index (χ1n) is 5.21. The van der Waals surface area contributed by atoms with Gasteiger partial charge in [-0.05, 0) is 31.4 Å². The van der Waals surface area contributed by atoms with Crippen molar-refractivity contribution < 1.29 is 4.79 Å². The molecule has 0 N–H and O–H groups in total. The van der Waals surface area contributed by atoms with Crippen LogP contribution in [0.3, 0.4) is 0 Å². The maximum atomic E-state index is 11.2. The molecular formula is C12H18OS. The molecule has 2 rings (SSSR count). The molecule has 78 valence electrons. The van der Waals surface area contributed by atoms with Crippen LogP contribution in [0.2, 0.25) is 0 Å². The molecule has 0 heterocycles. The van der Waals surface area contributed by atoms with Crippen molar-refractivity contribution in [1.82, 2.24) is 0 Å². The fourth-order valence-corrected chi connectivity index (χ4v) is 2.41. The summed E-state index contributed by atoms with van der Waals surface area (Å²) in [4.78, 5) is 12.4. The van der Waals surface area contributed by atoms with Crippen LogP contribution in [0, 0.1) is 11.8 Å². The van der Waals surface area contributed by atoms with Gasteiger partial charge in [-0.25, -0.2) is 0 Å². The number of hydrogen-bond donors (Lipinski definition) is 0. The number of rotatable bonds is 2. The molecule has 0 aromatic heterocycles. The molecule has 0 aromatic rings. The molecule has 2 unspecified atom stereocenters. The molecule has 2 aliphatic carbocycles. The van der Waals surface area contributed by atoms with Crippen molar-refractivity contribution in [3.8, 4) is 0 Å². The number of ketones is 1. The standard InChI is InChI=1S/C10H12OS.C2H6/c1-6(11)9-4-7-3-8(7)5-10(9)12-2;1-2/h4-5,7-8H,3H2,1-2H3;1-2H3. The van der Waals surface area contributed by atoms with Gasteiger partial charge >= 0.3 is 0 Å². The van der Waals surface area contributed by atoms with E-state index in [4.69, 9.17) is 0 Å². The topological polar surface area (TPSA) is 17.1 Å². The third-order valence-corrected chi connectivity index (χ3v) is 3.30. The van der Waals surface area contributed by atoms with E-state index in [2.05, 4.69) is 12.2 Å². The van der Waals surface area contributed by atoms with Crippen molar-refractivity contribution in [3.63, 3.8) is 0 Å². The van der Waals surface area contributed by atoms with Gasteiger partial charge in [0.25, 0.3) is 0 Å². The minimum Gasteiger partial charge on any atom is -0.294 e. The Balaban J connectivity index is 0.000000461. The van der Waals surface area contributed by atoms with Gasteiger partial charge in [-0.3, -0.25) is 4.79 Å². The zero-order chi connectivity index (χ0) is 10.7. The Morgan fingerprint density at radius 3 is 2.43 bits per heavy atom. The van der Waals surface area contributed by atoms with Crippen molar-refractivity contribution in [3.05, 3.63) is 22.6 Å². The largest absolute Gasteiger partial charge is 0.294 e. The van der Waals surface area contributed by atoms with Crippen molar-refractivity contribution in [1.29, 1.82) is 0 Å². The predicted octanol–water partition coefficient (Wildman–Crippen LogP) is 3.42. The van der Waals surface area contributed by atoms with Crippen LogP contribution in [0.25, 0.3) is 0 Å². The van der Waals surface area contributed by atoms with E-state index in [0.717, 1.165) is 11.5 Å². The number of carbonyl (C=O) groups excluding carboxylic acids is 1. The first-order valence-corrected chi connectivity index (χ1v) is 6.44. The van der Waals surface area contributed by atoms with Crippen LogP contribution in [0.4, 0.5) is 0 Å². The molecule has 0 bridgehead atoms. The quantitative estimate of drug-likeness (QED) is 0.694. The van der Waals surface area contributed by atoms with E-state index in [1.165, 1.54) is 11.3 Å². The van der Waals surface area contributed by atoms with Crippen LogP contribution in [0.1, 0.15) is 27.2 Å². The molecule has 0 aliphatic heterocycles. The van der Waals surface area contributed by atoms with Gasteiger partial charge in [-0.15, -0.1) is 11.8 Å². The van der Waals surface area contributed by atoms with Crippen LogP contribution in [-0.2, 0) is 4.79 Å². The molecule has 1 fully saturated rings. The molecule has 0 spiro atoms. The molecule has 1 nitrogen and oxygen atoms in total. The molecule has 14 heavy (non-hydrogen) atoms. The lowest BCUT2D eigenvalue weighted by atomic mass is 10.0. The van der Waals surface area contributed by atoms with Gasteiger partial charge in [-0.1, -0.05) is 26.0 Å². The zero-order valence-corrected chi connectivity index (χ0v) is 10.1. The van der Waals surface area contributed by atoms with Crippen LogP contribution in [0.5, 0.6) is 0 Å². The van der Waals surface area contributed by atoms with E-state index in [0.29, 0.717) is 5.92 Å². The Morgan fingerprint density at radius 2 is 1.93 bits per heavy atom. The second-order valence-electron chi connectivity index (χ2n) is 3.43. The Bertz CT molecular complexity index is 289. The highest BCUT2D eigenvalue weighted by Gasteiger charge is 2.37. The minimum absolute atomic E-state index is 0.209. The van der Waals surface area contributed by atoms with E-state index >= 15 is 0 Å². The van der Waals surface area contributed by atoms with E-state index < -0.39 is 0 Å². The van der Waals surface area contributed by atoms with Gasteiger partial charge in [0.05, 0.1) is 0 Å². The molecule has 0 amide bonds. The summed E-state index contributed by atoms with van der Waals surface area (Å²) in [6.07, 6.45) is 7.69. The van der Waals surface area contributed by atoms with Crippen molar-refractivity contribution >= 4 is 17.5 Å². The number of allylic oxidation sites excluding steroid dienone is 3. The van der Waals surface area contributed by atoms with Crippen LogP contribution >= 0.6 is 11.8 Å². The fourth-order valence-electron chi connectivity index (χ4n) is 1.67. The van der Waals surface area contributed by atoms with E-state index in [1.807, 2.05) is 20.1 Å². The molecule has 0 aromatic carbocycles. The van der Waals surface area contributed by atoms with Crippen LogP contribution in [-0.4, -0.2) is 12.0 Å². The summed E-state index contributed by atoms with van der Waals surface area (Å²) < 4.78 is 0. The molecule has 2 heteroatoms. The zero-order valence-electron chi connectivity index (χ0n) is 9.33. The summed E-state index contributed by atoms with van der Waals surface area (Å²) in [6.45, 7) is 5.65. The lowest BCUT2D eigenvalue weighted by Gasteiger charge is -2.10. The smallest absolute Gasteiger partial charge is 0.160 e. The number of Topliss-reactive ketones (excluding diaryl/α,β-unsaturated/α-hetero) is 1. The molecule has 2 aliphatic rings. The highest BCUT2D eigenvalue weighted by atomic mass is 32.2. The molecular weight excluding hydrogens is 192 g/mol. The van der Waals surface area contributed by atoms with Crippen molar-refractivity contribution in [2.75, 3.05) is 6.26 Å². The van der Waals surface area contributed by atoms with Crippen LogP contribution < -0.4 is 0 Å². The van der Waals surface area contributed by atoms with Gasteiger partial charge in [0.1, 0.15) is 0 Å². The average molecular weight is 210 g/mol. The summed E-state index contributed by atoms with van der Waals surface area (Å²) in [5.41, 5.74) is 0.946. The minimum atomic E-state index is 0.209. The first kappa shape index (κ1) is 11.6. The van der Waals surface area contributed by atoms with Gasteiger partial charge in [0, 0.05) is 10.5 Å². The van der Waals surface area contributed by atoms with E-state index in [1.54, 1.807) is 18.7 Å². The van der Waals surface area contributed by atoms with Crippen molar-refractivity contribution in [2.24, 2.45) is 11.8 Å². The number of carbonyl (C=O) groups is 1. The number of thioether (sulfide) groups is 1. The Labute approximate surface area is 90.7 Å². The molecule has 0 saturated heterocycles. The van der Waals surface area contributed by atoms with Crippen molar-refractivity contribution in [2.45, 2.75) is 27.2 Å². The van der Waals surface area contributed by atoms with Gasteiger partial charge in [-0.2, -0.15) is 0 Å². The molecule has 2 atom stereocenters. The van der Waals surface area contributed by atoms with Gasteiger partial charge < -0.3 is 0 Å². The highest BCUT2D eigenvalue weighted by molar-refractivity contribution is 8.02. The maximum absolute atomic E-state index is 11.2. The summed E-state index contributed by atoms with van der Waals surface area (Å²) in [5.74, 6) is 1.64. The maximum Gasteiger partial charge on any atom is 0.160 e. The lowest BCUT2D eigenvalue weighted by Crippen LogP contribution is -2.02. The molecule has 0 radical (unpaired) electrons. The Hall–Kier alpha value is -0.500. The summed E-state index contributed by atoms with van der Waals surface area (Å²) in [5, 5.41) is 0. The SMILES string of the molecule is CC.CSC1=CC2CC2C=C1C(C)=O. The fraction of sp³-hybridized carbons (Fsp3) is 0.583. The summed E-state index contributed by atoms with van der Waals surface area (Å²) in [7, 11) is 0. The second kappa shape index (κ2) is 4.83. The van der Waals surface area contributed by atoms with E-state index in [9.17, 15) is 4.79 Å².